The molecule has 27 heavy (non-hydrogen) atoms. The topological polar surface area (TPSA) is 127 Å². The first kappa shape index (κ1) is 18.6. The first-order chi connectivity index (χ1) is 12.8. The quantitative estimate of drug-likeness (QED) is 0.412. The number of carbonyl (C=O) groups excluding carboxylic acids is 1. The molecule has 7 heteroatoms. The Labute approximate surface area is 155 Å². The highest BCUT2D eigenvalue weighted by atomic mass is 16.5. The Kier molecular flexibility index (Phi) is 4.96. The molecule has 7 nitrogen and oxygen atoms in total. The minimum atomic E-state index is -0.751. The Bertz CT molecular complexity index is 930. The third-order valence-corrected chi connectivity index (χ3v) is 4.52. The van der Waals surface area contributed by atoms with E-state index in [2.05, 4.69) is 0 Å². The van der Waals surface area contributed by atoms with Crippen molar-refractivity contribution in [3.63, 3.8) is 0 Å². The zero-order chi connectivity index (χ0) is 19.7. The van der Waals surface area contributed by atoms with E-state index in [9.17, 15) is 25.2 Å². The van der Waals surface area contributed by atoms with Crippen LogP contribution >= 0.6 is 0 Å². The summed E-state index contributed by atoms with van der Waals surface area (Å²) in [6.07, 6.45) is 1.07. The van der Waals surface area contributed by atoms with Crippen molar-refractivity contribution >= 4 is 5.78 Å². The maximum Gasteiger partial charge on any atom is 0.174 e. The SMILES string of the molecule is C/C(=C\Cc1c(O)cc(O)c2c1O[C@H](c1ccc(O)c(O)c1)CC2=O)CO. The number of benzene rings is 2. The summed E-state index contributed by atoms with van der Waals surface area (Å²) < 4.78 is 5.92. The number of allylic oxidation sites excluding steroid dienone is 1. The highest BCUT2D eigenvalue weighted by Gasteiger charge is 2.33. The minimum Gasteiger partial charge on any atom is -0.507 e. The van der Waals surface area contributed by atoms with E-state index in [1.165, 1.54) is 18.2 Å². The Morgan fingerprint density at radius 1 is 1.11 bits per heavy atom. The Hall–Kier alpha value is -3.19. The van der Waals surface area contributed by atoms with E-state index in [1.54, 1.807) is 13.0 Å². The number of ether oxygens (including phenoxy) is 1. The molecule has 142 valence electrons. The summed E-state index contributed by atoms with van der Waals surface area (Å²) in [4.78, 5) is 12.6. The molecule has 1 atom stereocenters. The van der Waals surface area contributed by atoms with Gasteiger partial charge in [-0.05, 0) is 31.0 Å². The highest BCUT2D eigenvalue weighted by molar-refractivity contribution is 6.03. The van der Waals surface area contributed by atoms with Crippen LogP contribution in [0.15, 0.2) is 35.9 Å². The highest BCUT2D eigenvalue weighted by Crippen LogP contribution is 2.46. The van der Waals surface area contributed by atoms with Gasteiger partial charge in [0.25, 0.3) is 0 Å². The van der Waals surface area contributed by atoms with Crippen molar-refractivity contribution in [3.05, 3.63) is 52.6 Å². The third-order valence-electron chi connectivity index (χ3n) is 4.52. The van der Waals surface area contributed by atoms with E-state index in [0.29, 0.717) is 16.7 Å². The van der Waals surface area contributed by atoms with Crippen molar-refractivity contribution in [3.8, 4) is 28.7 Å². The summed E-state index contributed by atoms with van der Waals surface area (Å²) >= 11 is 0. The van der Waals surface area contributed by atoms with Crippen LogP contribution in [-0.4, -0.2) is 37.9 Å². The van der Waals surface area contributed by atoms with Crippen LogP contribution < -0.4 is 4.74 Å². The molecular formula is C20H20O7. The second-order valence-electron chi connectivity index (χ2n) is 6.49. The van der Waals surface area contributed by atoms with Crippen molar-refractivity contribution in [1.82, 2.24) is 0 Å². The van der Waals surface area contributed by atoms with Crippen LogP contribution in [0.2, 0.25) is 0 Å². The largest absolute Gasteiger partial charge is 0.507 e. The molecule has 1 heterocycles. The lowest BCUT2D eigenvalue weighted by Gasteiger charge is -2.28. The van der Waals surface area contributed by atoms with E-state index < -0.39 is 6.10 Å². The average Bonchev–Trinajstić information content (AvgIpc) is 2.62. The molecule has 0 aromatic heterocycles. The predicted molar refractivity (Wildman–Crippen MR) is 96.4 cm³/mol. The normalized spacial score (nSPS) is 16.7. The van der Waals surface area contributed by atoms with Crippen LogP contribution in [0.25, 0.3) is 0 Å². The van der Waals surface area contributed by atoms with Gasteiger partial charge in [0.15, 0.2) is 17.3 Å². The third kappa shape index (κ3) is 3.54. The predicted octanol–water partition coefficient (Wildman–Crippen LogP) is 2.70. The van der Waals surface area contributed by atoms with E-state index >= 15 is 0 Å². The first-order valence-electron chi connectivity index (χ1n) is 8.37. The molecule has 0 radical (unpaired) electrons. The number of hydrogen-bond acceptors (Lipinski definition) is 7. The average molecular weight is 372 g/mol. The number of Topliss-reactive ketones (excluding diaryl/α,β-unsaturated/α-hetero) is 1. The molecule has 5 N–H and O–H groups in total. The van der Waals surface area contributed by atoms with Gasteiger partial charge in [0.2, 0.25) is 0 Å². The minimum absolute atomic E-state index is 0.00268. The van der Waals surface area contributed by atoms with Gasteiger partial charge in [0.1, 0.15) is 28.9 Å². The zero-order valence-electron chi connectivity index (χ0n) is 14.6. The van der Waals surface area contributed by atoms with Crippen LogP contribution in [0, 0.1) is 0 Å². The van der Waals surface area contributed by atoms with Crippen molar-refractivity contribution in [2.75, 3.05) is 6.61 Å². The molecule has 0 saturated heterocycles. The number of aromatic hydroxyl groups is 4. The van der Waals surface area contributed by atoms with E-state index in [0.717, 1.165) is 6.07 Å². The number of phenolic OH excluding ortho intramolecular Hbond substituents is 4. The van der Waals surface area contributed by atoms with Gasteiger partial charge in [-0.25, -0.2) is 0 Å². The van der Waals surface area contributed by atoms with Crippen LogP contribution in [0.3, 0.4) is 0 Å². The van der Waals surface area contributed by atoms with Crippen LogP contribution in [0.1, 0.15) is 40.9 Å². The molecule has 3 rings (SSSR count). The molecule has 2 aromatic rings. The summed E-state index contributed by atoms with van der Waals surface area (Å²) in [5.41, 5.74) is 1.47. The van der Waals surface area contributed by atoms with Crippen molar-refractivity contribution < 1.29 is 35.1 Å². The zero-order valence-corrected chi connectivity index (χ0v) is 14.6. The Balaban J connectivity index is 2.06. The summed E-state index contributed by atoms with van der Waals surface area (Å²) in [5.74, 6) is -1.52. The maximum atomic E-state index is 12.6. The summed E-state index contributed by atoms with van der Waals surface area (Å²) in [7, 11) is 0. The first-order valence-corrected chi connectivity index (χ1v) is 8.37. The molecule has 0 fully saturated rings. The smallest absolute Gasteiger partial charge is 0.174 e. The fraction of sp³-hybridized carbons (Fsp3) is 0.250. The number of fused-ring (bicyclic) bond motifs is 1. The maximum absolute atomic E-state index is 12.6. The molecule has 0 spiro atoms. The number of phenols is 4. The fourth-order valence-corrected chi connectivity index (χ4v) is 2.99. The van der Waals surface area contributed by atoms with E-state index in [-0.39, 0.29) is 59.5 Å². The fourth-order valence-electron chi connectivity index (χ4n) is 2.99. The number of hydrogen-bond donors (Lipinski definition) is 5. The number of aliphatic hydroxyl groups is 1. The lowest BCUT2D eigenvalue weighted by molar-refractivity contribution is 0.0842. The molecule has 0 bridgehead atoms. The summed E-state index contributed by atoms with van der Waals surface area (Å²) in [6.45, 7) is 1.58. The number of rotatable bonds is 4. The second-order valence-corrected chi connectivity index (χ2v) is 6.49. The molecule has 2 aromatic carbocycles. The number of carbonyl (C=O) groups is 1. The standard InChI is InChI=1S/C20H20O7/c1-10(9-21)2-4-12-14(23)7-16(25)19-17(26)8-18(27-20(12)19)11-3-5-13(22)15(24)6-11/h2-3,5-7,18,21-25H,4,8-9H2,1H3/b10-2+/t18-/m0/s1. The van der Waals surface area contributed by atoms with Crippen LogP contribution in [0.5, 0.6) is 28.7 Å². The lowest BCUT2D eigenvalue weighted by Crippen LogP contribution is -2.21. The van der Waals surface area contributed by atoms with E-state index in [4.69, 9.17) is 9.84 Å². The second kappa shape index (κ2) is 7.20. The molecule has 0 amide bonds. The monoisotopic (exact) mass is 372 g/mol. The van der Waals surface area contributed by atoms with Gasteiger partial charge < -0.3 is 30.3 Å². The van der Waals surface area contributed by atoms with Gasteiger partial charge in [-0.3, -0.25) is 4.79 Å². The van der Waals surface area contributed by atoms with Crippen molar-refractivity contribution in [2.45, 2.75) is 25.9 Å². The summed E-state index contributed by atoms with van der Waals surface area (Å²) in [6, 6.07) is 5.22. The van der Waals surface area contributed by atoms with Gasteiger partial charge in [0, 0.05) is 11.6 Å². The molecule has 0 unspecified atom stereocenters. The lowest BCUT2D eigenvalue weighted by atomic mass is 9.92. The van der Waals surface area contributed by atoms with Crippen LogP contribution in [-0.2, 0) is 6.42 Å². The van der Waals surface area contributed by atoms with Crippen molar-refractivity contribution in [2.24, 2.45) is 0 Å². The Morgan fingerprint density at radius 2 is 1.85 bits per heavy atom. The van der Waals surface area contributed by atoms with Gasteiger partial charge in [-0.15, -0.1) is 0 Å². The van der Waals surface area contributed by atoms with E-state index in [1.807, 2.05) is 0 Å². The molecular weight excluding hydrogens is 352 g/mol. The van der Waals surface area contributed by atoms with Gasteiger partial charge >= 0.3 is 0 Å². The van der Waals surface area contributed by atoms with Gasteiger partial charge in [-0.1, -0.05) is 17.7 Å². The van der Waals surface area contributed by atoms with Gasteiger partial charge in [-0.2, -0.15) is 0 Å². The van der Waals surface area contributed by atoms with Crippen molar-refractivity contribution in [1.29, 1.82) is 0 Å². The molecule has 1 aliphatic rings. The molecule has 0 saturated carbocycles. The summed E-state index contributed by atoms with van der Waals surface area (Å²) in [5, 5.41) is 48.7. The Morgan fingerprint density at radius 3 is 2.52 bits per heavy atom. The van der Waals surface area contributed by atoms with Gasteiger partial charge in [0.05, 0.1) is 13.0 Å². The molecule has 0 aliphatic carbocycles. The van der Waals surface area contributed by atoms with Crippen LogP contribution in [0.4, 0.5) is 0 Å². The number of aliphatic hydroxyl groups excluding tert-OH is 1. The molecule has 1 aliphatic heterocycles. The number of ketones is 1.